The summed E-state index contributed by atoms with van der Waals surface area (Å²) in [7, 11) is 0. The Balaban J connectivity index is 1.75. The lowest BCUT2D eigenvalue weighted by molar-refractivity contribution is 0.543. The first kappa shape index (κ1) is 18.5. The number of unbranched alkanes of at least 4 members (excludes halogenated alkanes) is 7. The van der Waals surface area contributed by atoms with Gasteiger partial charge in [-0.05, 0) is 53.0 Å². The number of hydrogen-bond donors (Lipinski definition) is 0. The lowest BCUT2D eigenvalue weighted by atomic mass is 10.1. The zero-order chi connectivity index (χ0) is 16.5. The molecule has 1 aromatic heterocycles. The van der Waals surface area contributed by atoms with Crippen molar-refractivity contribution in [2.75, 3.05) is 0 Å². The number of oxazole rings is 1. The fourth-order valence-electron chi connectivity index (χ4n) is 2.63. The molecule has 0 fully saturated rings. The first-order valence-corrected chi connectivity index (χ1v) is 9.79. The average Bonchev–Trinajstić information content (AvgIpc) is 2.92. The number of benzene rings is 1. The molecule has 0 unspecified atom stereocenters. The number of rotatable bonds is 10. The van der Waals surface area contributed by atoms with Crippen LogP contribution in [0, 0.1) is 0 Å². The standard InChI is InChI=1S/C19H25BrClNO/c1-2-3-4-5-6-7-8-9-10-17-18(20)23-19(22-17)15-11-13-16(21)14-12-15/h11-14H,2-10H2,1H3. The Kier molecular flexibility index (Phi) is 8.18. The van der Waals surface area contributed by atoms with Crippen LogP contribution >= 0.6 is 27.5 Å². The van der Waals surface area contributed by atoms with E-state index in [1.165, 1.54) is 51.4 Å². The summed E-state index contributed by atoms with van der Waals surface area (Å²) in [6.45, 7) is 2.26. The van der Waals surface area contributed by atoms with Gasteiger partial charge in [0.1, 0.15) is 0 Å². The van der Waals surface area contributed by atoms with Gasteiger partial charge >= 0.3 is 0 Å². The van der Waals surface area contributed by atoms with Crippen molar-refractivity contribution in [1.82, 2.24) is 4.98 Å². The number of aromatic nitrogens is 1. The predicted octanol–water partition coefficient (Wildman–Crippen LogP) is 7.44. The SMILES string of the molecule is CCCCCCCCCCc1nc(-c2ccc(Cl)cc2)oc1Br. The Morgan fingerprint density at radius 3 is 2.22 bits per heavy atom. The zero-order valence-corrected chi connectivity index (χ0v) is 16.1. The van der Waals surface area contributed by atoms with E-state index < -0.39 is 0 Å². The maximum Gasteiger partial charge on any atom is 0.227 e. The molecule has 2 rings (SSSR count). The van der Waals surface area contributed by atoms with Crippen molar-refractivity contribution >= 4 is 27.5 Å². The van der Waals surface area contributed by atoms with Crippen LogP contribution in [0.5, 0.6) is 0 Å². The summed E-state index contributed by atoms with van der Waals surface area (Å²) in [5.74, 6) is 0.656. The third kappa shape index (κ3) is 6.31. The highest BCUT2D eigenvalue weighted by atomic mass is 79.9. The summed E-state index contributed by atoms with van der Waals surface area (Å²) < 4.78 is 6.48. The van der Waals surface area contributed by atoms with Gasteiger partial charge in [-0.1, -0.05) is 63.5 Å². The topological polar surface area (TPSA) is 26.0 Å². The molecule has 0 aliphatic heterocycles. The van der Waals surface area contributed by atoms with Crippen LogP contribution in [0.1, 0.15) is 64.0 Å². The predicted molar refractivity (Wildman–Crippen MR) is 101 cm³/mol. The number of hydrogen-bond acceptors (Lipinski definition) is 2. The van der Waals surface area contributed by atoms with Crippen molar-refractivity contribution in [2.45, 2.75) is 64.7 Å². The van der Waals surface area contributed by atoms with E-state index in [1.807, 2.05) is 24.3 Å². The van der Waals surface area contributed by atoms with Gasteiger partial charge in [0, 0.05) is 10.6 Å². The van der Waals surface area contributed by atoms with Crippen molar-refractivity contribution in [3.63, 3.8) is 0 Å². The van der Waals surface area contributed by atoms with Crippen molar-refractivity contribution in [2.24, 2.45) is 0 Å². The van der Waals surface area contributed by atoms with Crippen LogP contribution in [0.4, 0.5) is 0 Å². The minimum absolute atomic E-state index is 0.656. The van der Waals surface area contributed by atoms with Crippen molar-refractivity contribution in [1.29, 1.82) is 0 Å². The normalized spacial score (nSPS) is 11.1. The fourth-order valence-corrected chi connectivity index (χ4v) is 3.20. The van der Waals surface area contributed by atoms with E-state index in [4.69, 9.17) is 16.0 Å². The Morgan fingerprint density at radius 1 is 0.957 bits per heavy atom. The molecule has 4 heteroatoms. The van der Waals surface area contributed by atoms with Crippen molar-refractivity contribution in [3.8, 4) is 11.5 Å². The quantitative estimate of drug-likeness (QED) is 0.389. The molecule has 0 aliphatic rings. The Hall–Kier alpha value is -0.800. The lowest BCUT2D eigenvalue weighted by Gasteiger charge is -2.00. The lowest BCUT2D eigenvalue weighted by Crippen LogP contribution is -1.88. The van der Waals surface area contributed by atoms with Gasteiger partial charge in [0.05, 0.1) is 5.69 Å². The highest BCUT2D eigenvalue weighted by molar-refractivity contribution is 9.10. The summed E-state index contributed by atoms with van der Waals surface area (Å²) >= 11 is 9.40. The molecule has 2 aromatic rings. The monoisotopic (exact) mass is 397 g/mol. The highest BCUT2D eigenvalue weighted by Gasteiger charge is 2.12. The highest BCUT2D eigenvalue weighted by Crippen LogP contribution is 2.27. The fraction of sp³-hybridized carbons (Fsp3) is 0.526. The molecule has 0 bridgehead atoms. The van der Waals surface area contributed by atoms with E-state index in [1.54, 1.807) is 0 Å². The van der Waals surface area contributed by atoms with Crippen molar-refractivity contribution in [3.05, 3.63) is 39.7 Å². The molecule has 0 saturated carbocycles. The Morgan fingerprint density at radius 2 is 1.57 bits per heavy atom. The van der Waals surface area contributed by atoms with Gasteiger partial charge in [-0.25, -0.2) is 4.98 Å². The summed E-state index contributed by atoms with van der Waals surface area (Å²) in [5, 5.41) is 0.721. The first-order chi connectivity index (χ1) is 11.2. The molecule has 23 heavy (non-hydrogen) atoms. The maximum absolute atomic E-state index is 5.91. The molecule has 0 amide bonds. The summed E-state index contributed by atoms with van der Waals surface area (Å²) in [6, 6.07) is 7.57. The summed E-state index contributed by atoms with van der Waals surface area (Å²) in [6.07, 6.45) is 11.5. The molecule has 1 aromatic carbocycles. The van der Waals surface area contributed by atoms with E-state index in [0.29, 0.717) is 5.89 Å². The largest absolute Gasteiger partial charge is 0.429 e. The van der Waals surface area contributed by atoms with Crippen LogP contribution in [0.15, 0.2) is 33.4 Å². The van der Waals surface area contributed by atoms with E-state index in [0.717, 1.165) is 27.4 Å². The average molecular weight is 399 g/mol. The molecule has 0 aliphatic carbocycles. The van der Waals surface area contributed by atoms with Gasteiger partial charge in [-0.3, -0.25) is 0 Å². The van der Waals surface area contributed by atoms with E-state index in [-0.39, 0.29) is 0 Å². The molecule has 0 radical (unpaired) electrons. The molecule has 126 valence electrons. The van der Waals surface area contributed by atoms with Crippen molar-refractivity contribution < 1.29 is 4.42 Å². The molecule has 2 nitrogen and oxygen atoms in total. The van der Waals surface area contributed by atoms with Crippen LogP contribution in [-0.4, -0.2) is 4.98 Å². The Labute approximate surface area is 152 Å². The van der Waals surface area contributed by atoms with Gasteiger partial charge in [0.25, 0.3) is 0 Å². The van der Waals surface area contributed by atoms with Crippen LogP contribution < -0.4 is 0 Å². The van der Waals surface area contributed by atoms with Gasteiger partial charge in [-0.2, -0.15) is 0 Å². The van der Waals surface area contributed by atoms with Gasteiger partial charge in [-0.15, -0.1) is 0 Å². The van der Waals surface area contributed by atoms with E-state index in [9.17, 15) is 0 Å². The van der Waals surface area contributed by atoms with Gasteiger partial charge in [0.2, 0.25) is 5.89 Å². The third-order valence-electron chi connectivity index (χ3n) is 4.01. The second-order valence-electron chi connectivity index (χ2n) is 5.97. The maximum atomic E-state index is 5.91. The minimum Gasteiger partial charge on any atom is -0.429 e. The molecular formula is C19H25BrClNO. The molecule has 1 heterocycles. The molecule has 0 atom stereocenters. The first-order valence-electron chi connectivity index (χ1n) is 8.62. The number of nitrogens with zero attached hydrogens (tertiary/aromatic N) is 1. The number of halogens is 2. The van der Waals surface area contributed by atoms with Crippen LogP contribution in [0.25, 0.3) is 11.5 Å². The summed E-state index contributed by atoms with van der Waals surface area (Å²) in [5.41, 5.74) is 1.97. The van der Waals surface area contributed by atoms with Crippen LogP contribution in [0.3, 0.4) is 0 Å². The zero-order valence-electron chi connectivity index (χ0n) is 13.8. The van der Waals surface area contributed by atoms with Gasteiger partial charge < -0.3 is 4.42 Å². The van der Waals surface area contributed by atoms with Gasteiger partial charge in [0.15, 0.2) is 4.67 Å². The number of aryl methyl sites for hydroxylation is 1. The summed E-state index contributed by atoms with van der Waals surface area (Å²) in [4.78, 5) is 4.61. The molecular weight excluding hydrogens is 374 g/mol. The van der Waals surface area contributed by atoms with Crippen LogP contribution in [-0.2, 0) is 6.42 Å². The third-order valence-corrected chi connectivity index (χ3v) is 4.88. The molecule has 0 N–H and O–H groups in total. The second-order valence-corrected chi connectivity index (χ2v) is 7.13. The second kappa shape index (κ2) is 10.1. The minimum atomic E-state index is 0.656. The molecule has 0 saturated heterocycles. The Bertz CT molecular complexity index is 580. The van der Waals surface area contributed by atoms with E-state index in [2.05, 4.69) is 27.8 Å². The van der Waals surface area contributed by atoms with Crippen LogP contribution in [0.2, 0.25) is 5.02 Å². The molecule has 0 spiro atoms. The van der Waals surface area contributed by atoms with E-state index >= 15 is 0 Å². The smallest absolute Gasteiger partial charge is 0.227 e.